The van der Waals surface area contributed by atoms with Crippen LogP contribution in [0.4, 0.5) is 0 Å². The Morgan fingerprint density at radius 2 is 1.68 bits per heavy atom. The van der Waals surface area contributed by atoms with E-state index in [1.165, 1.54) is 20.8 Å². The van der Waals surface area contributed by atoms with Gasteiger partial charge in [-0.25, -0.2) is 0 Å². The molecule has 0 aliphatic rings. The summed E-state index contributed by atoms with van der Waals surface area (Å²) in [6, 6.07) is 6.30. The van der Waals surface area contributed by atoms with Crippen LogP contribution in [0, 0.1) is 0 Å². The zero-order chi connectivity index (χ0) is 14.4. The number of carbonyl (C=O) groups is 3. The van der Waals surface area contributed by atoms with Gasteiger partial charge in [-0.05, 0) is 31.0 Å². The molecule has 0 bridgehead atoms. The van der Waals surface area contributed by atoms with E-state index in [9.17, 15) is 14.4 Å². The number of hydrogen-bond donors (Lipinski definition) is 1. The molecule has 0 aliphatic heterocycles. The van der Waals surface area contributed by atoms with Gasteiger partial charge < -0.3 is 10.1 Å². The van der Waals surface area contributed by atoms with Gasteiger partial charge in [-0.15, -0.1) is 0 Å². The van der Waals surface area contributed by atoms with Crippen molar-refractivity contribution in [2.45, 2.75) is 33.2 Å². The minimum atomic E-state index is -0.530. The molecule has 0 aliphatic carbocycles. The Morgan fingerprint density at radius 3 is 2.11 bits per heavy atom. The molecule has 1 atom stereocenters. The van der Waals surface area contributed by atoms with Crippen molar-refractivity contribution in [3.05, 3.63) is 29.8 Å². The smallest absolute Gasteiger partial charge is 0.308 e. The average molecular weight is 263 g/mol. The maximum Gasteiger partial charge on any atom is 0.308 e. The highest BCUT2D eigenvalue weighted by atomic mass is 16.5. The second-order valence-electron chi connectivity index (χ2n) is 4.31. The van der Waals surface area contributed by atoms with Crippen LogP contribution in [0.1, 0.15) is 26.3 Å². The Bertz CT molecular complexity index is 479. The average Bonchev–Trinajstić information content (AvgIpc) is 2.29. The van der Waals surface area contributed by atoms with Crippen LogP contribution in [-0.4, -0.2) is 23.7 Å². The van der Waals surface area contributed by atoms with E-state index in [1.807, 2.05) is 0 Å². The number of hydrogen-bond acceptors (Lipinski definition) is 4. The highest BCUT2D eigenvalue weighted by Gasteiger charge is 2.15. The molecule has 102 valence electrons. The summed E-state index contributed by atoms with van der Waals surface area (Å²) in [5.41, 5.74) is 0.879. The summed E-state index contributed by atoms with van der Waals surface area (Å²) in [4.78, 5) is 33.2. The van der Waals surface area contributed by atoms with Crippen molar-refractivity contribution in [2.24, 2.45) is 0 Å². The van der Waals surface area contributed by atoms with Gasteiger partial charge in [0, 0.05) is 13.8 Å². The Hall–Kier alpha value is -2.17. The molecular weight excluding hydrogens is 246 g/mol. The van der Waals surface area contributed by atoms with Crippen LogP contribution in [0.3, 0.4) is 0 Å². The number of nitrogens with one attached hydrogen (secondary N) is 1. The molecule has 0 saturated heterocycles. The van der Waals surface area contributed by atoms with Gasteiger partial charge in [-0.3, -0.25) is 14.4 Å². The summed E-state index contributed by atoms with van der Waals surface area (Å²) in [6.45, 7) is 4.14. The van der Waals surface area contributed by atoms with Crippen LogP contribution in [0.15, 0.2) is 24.3 Å². The maximum absolute atomic E-state index is 11.4. The van der Waals surface area contributed by atoms with Gasteiger partial charge in [-0.1, -0.05) is 12.1 Å². The van der Waals surface area contributed by atoms with Crippen molar-refractivity contribution in [2.75, 3.05) is 0 Å². The maximum atomic E-state index is 11.4. The summed E-state index contributed by atoms with van der Waals surface area (Å²) >= 11 is 0. The van der Waals surface area contributed by atoms with E-state index in [0.717, 1.165) is 5.56 Å². The SMILES string of the molecule is CC(=O)N[C@@H](Cc1ccc(OC(C)=O)cc1)C(C)=O. The lowest BCUT2D eigenvalue weighted by Crippen LogP contribution is -2.40. The van der Waals surface area contributed by atoms with Gasteiger partial charge in [0.15, 0.2) is 5.78 Å². The minimum absolute atomic E-state index is 0.0979. The van der Waals surface area contributed by atoms with Crippen LogP contribution in [0.5, 0.6) is 5.75 Å². The molecule has 1 amide bonds. The summed E-state index contributed by atoms with van der Waals surface area (Å²) in [5.74, 6) is -0.265. The molecule has 1 aromatic carbocycles. The van der Waals surface area contributed by atoms with Gasteiger partial charge >= 0.3 is 5.97 Å². The van der Waals surface area contributed by atoms with E-state index >= 15 is 0 Å². The van der Waals surface area contributed by atoms with Gasteiger partial charge in [0.2, 0.25) is 5.91 Å². The molecular formula is C14H17NO4. The first kappa shape index (κ1) is 14.9. The molecule has 1 N–H and O–H groups in total. The molecule has 0 saturated carbocycles. The zero-order valence-corrected chi connectivity index (χ0v) is 11.2. The second-order valence-corrected chi connectivity index (χ2v) is 4.31. The van der Waals surface area contributed by atoms with Crippen molar-refractivity contribution in [3.63, 3.8) is 0 Å². The van der Waals surface area contributed by atoms with Crippen molar-refractivity contribution < 1.29 is 19.1 Å². The van der Waals surface area contributed by atoms with Crippen molar-refractivity contribution >= 4 is 17.7 Å². The fraction of sp³-hybridized carbons (Fsp3) is 0.357. The van der Waals surface area contributed by atoms with E-state index in [1.54, 1.807) is 24.3 Å². The standard InChI is InChI=1S/C14H17NO4/c1-9(16)14(15-10(2)17)8-12-4-6-13(7-5-12)19-11(3)18/h4-7,14H,8H2,1-3H3,(H,15,17)/t14-/m0/s1. The topological polar surface area (TPSA) is 72.5 Å². The molecule has 19 heavy (non-hydrogen) atoms. The van der Waals surface area contributed by atoms with E-state index in [-0.39, 0.29) is 17.7 Å². The highest BCUT2D eigenvalue weighted by Crippen LogP contribution is 2.14. The first-order chi connectivity index (χ1) is 8.88. The lowest BCUT2D eigenvalue weighted by molar-refractivity contribution is -0.131. The molecule has 1 rings (SSSR count). The van der Waals surface area contributed by atoms with Crippen LogP contribution in [-0.2, 0) is 20.8 Å². The van der Waals surface area contributed by atoms with Gasteiger partial charge in [0.25, 0.3) is 0 Å². The highest BCUT2D eigenvalue weighted by molar-refractivity contribution is 5.86. The summed E-state index contributed by atoms with van der Waals surface area (Å²) in [6.07, 6.45) is 0.412. The Labute approximate surface area is 111 Å². The lowest BCUT2D eigenvalue weighted by Gasteiger charge is -2.14. The molecule has 0 heterocycles. The predicted octanol–water partition coefficient (Wildman–Crippen LogP) is 1.25. The first-order valence-electron chi connectivity index (χ1n) is 5.93. The molecule has 0 unspecified atom stereocenters. The van der Waals surface area contributed by atoms with Crippen LogP contribution >= 0.6 is 0 Å². The number of ether oxygens (including phenoxy) is 1. The third-order valence-electron chi connectivity index (χ3n) is 2.49. The van der Waals surface area contributed by atoms with Crippen molar-refractivity contribution in [3.8, 4) is 5.75 Å². The molecule has 1 aromatic rings. The number of esters is 1. The molecule has 0 radical (unpaired) electrons. The van der Waals surface area contributed by atoms with E-state index < -0.39 is 6.04 Å². The Balaban J connectivity index is 2.72. The van der Waals surface area contributed by atoms with E-state index in [0.29, 0.717) is 12.2 Å². The summed E-state index contributed by atoms with van der Waals surface area (Å²) in [7, 11) is 0. The van der Waals surface area contributed by atoms with Gasteiger partial charge in [0.05, 0.1) is 6.04 Å². The van der Waals surface area contributed by atoms with Crippen molar-refractivity contribution in [1.82, 2.24) is 5.32 Å². The summed E-state index contributed by atoms with van der Waals surface area (Å²) < 4.78 is 4.91. The van der Waals surface area contributed by atoms with Crippen LogP contribution < -0.4 is 10.1 Å². The second kappa shape index (κ2) is 6.68. The Kier molecular flexibility index (Phi) is 5.23. The minimum Gasteiger partial charge on any atom is -0.427 e. The number of carbonyl (C=O) groups excluding carboxylic acids is 3. The quantitative estimate of drug-likeness (QED) is 0.641. The number of Topliss-reactive ketones (excluding diaryl/α,β-unsaturated/α-hetero) is 1. The largest absolute Gasteiger partial charge is 0.427 e. The molecule has 0 spiro atoms. The number of amides is 1. The molecule has 5 heteroatoms. The Morgan fingerprint density at radius 1 is 1.11 bits per heavy atom. The van der Waals surface area contributed by atoms with E-state index in [4.69, 9.17) is 4.74 Å². The van der Waals surface area contributed by atoms with Crippen LogP contribution in [0.25, 0.3) is 0 Å². The number of benzene rings is 1. The van der Waals surface area contributed by atoms with Crippen LogP contribution in [0.2, 0.25) is 0 Å². The first-order valence-corrected chi connectivity index (χ1v) is 5.93. The number of ketones is 1. The third-order valence-corrected chi connectivity index (χ3v) is 2.49. The predicted molar refractivity (Wildman–Crippen MR) is 69.7 cm³/mol. The normalized spacial score (nSPS) is 11.5. The lowest BCUT2D eigenvalue weighted by atomic mass is 10.0. The molecule has 0 fully saturated rings. The fourth-order valence-electron chi connectivity index (χ4n) is 1.64. The van der Waals surface area contributed by atoms with Gasteiger partial charge in [0.1, 0.15) is 5.75 Å². The number of rotatable bonds is 5. The van der Waals surface area contributed by atoms with Gasteiger partial charge in [-0.2, -0.15) is 0 Å². The monoisotopic (exact) mass is 263 g/mol. The van der Waals surface area contributed by atoms with Crippen molar-refractivity contribution in [1.29, 1.82) is 0 Å². The summed E-state index contributed by atoms with van der Waals surface area (Å²) in [5, 5.41) is 2.60. The third kappa shape index (κ3) is 5.33. The van der Waals surface area contributed by atoms with E-state index in [2.05, 4.69) is 5.32 Å². The molecule has 0 aromatic heterocycles. The zero-order valence-electron chi connectivity index (χ0n) is 11.2. The fourth-order valence-corrected chi connectivity index (χ4v) is 1.64. The molecule has 5 nitrogen and oxygen atoms in total.